The molecular weight excluding hydrogens is 206 g/mol. The van der Waals surface area contributed by atoms with Gasteiger partial charge in [-0.1, -0.05) is 65.7 Å². The van der Waals surface area contributed by atoms with Gasteiger partial charge in [-0.15, -0.1) is 0 Å². The summed E-state index contributed by atoms with van der Waals surface area (Å²) in [7, 11) is 0. The Bertz CT molecular complexity index is 155. The van der Waals surface area contributed by atoms with Crippen LogP contribution in [0.2, 0.25) is 0 Å². The number of hydrogen-bond acceptors (Lipinski definition) is 1. The summed E-state index contributed by atoms with van der Waals surface area (Å²) in [5.41, 5.74) is 6.77. The van der Waals surface area contributed by atoms with Crippen molar-refractivity contribution in [1.82, 2.24) is 0 Å². The molecule has 104 valence electrons. The molecule has 1 unspecified atom stereocenters. The molecule has 0 aliphatic carbocycles. The highest BCUT2D eigenvalue weighted by Crippen LogP contribution is 2.39. The lowest BCUT2D eigenvalue weighted by molar-refractivity contribution is 0.161. The molecule has 0 radical (unpaired) electrons. The molecule has 0 aromatic rings. The van der Waals surface area contributed by atoms with Crippen molar-refractivity contribution in [3.8, 4) is 0 Å². The molecule has 1 atom stereocenters. The molecule has 0 aliphatic rings. The van der Waals surface area contributed by atoms with Crippen molar-refractivity contribution < 1.29 is 0 Å². The maximum absolute atomic E-state index is 6.34. The van der Waals surface area contributed by atoms with Crippen molar-refractivity contribution >= 4 is 0 Å². The molecule has 0 amide bonds. The predicted octanol–water partition coefficient (Wildman–Crippen LogP) is 5.28. The third-order valence-corrected chi connectivity index (χ3v) is 4.30. The van der Waals surface area contributed by atoms with E-state index in [0.29, 0.717) is 11.5 Å². The summed E-state index contributed by atoms with van der Waals surface area (Å²) >= 11 is 0. The monoisotopic (exact) mass is 241 g/mol. The first-order chi connectivity index (χ1) is 8.13. The SMILES string of the molecule is CCCCCC(CCCC)(CCCC)C(C)N. The van der Waals surface area contributed by atoms with E-state index in [1.54, 1.807) is 0 Å². The first kappa shape index (κ1) is 17.0. The Hall–Kier alpha value is -0.0400. The minimum atomic E-state index is 0.359. The van der Waals surface area contributed by atoms with Crippen molar-refractivity contribution in [2.45, 2.75) is 97.9 Å². The largest absolute Gasteiger partial charge is 0.327 e. The fourth-order valence-corrected chi connectivity index (χ4v) is 2.84. The number of rotatable bonds is 11. The summed E-state index contributed by atoms with van der Waals surface area (Å²) in [5.74, 6) is 0. The Labute approximate surface area is 110 Å². The average molecular weight is 241 g/mol. The van der Waals surface area contributed by atoms with E-state index in [4.69, 9.17) is 5.73 Å². The normalized spacial score (nSPS) is 13.9. The molecule has 17 heavy (non-hydrogen) atoms. The molecule has 0 saturated carbocycles. The first-order valence-electron chi connectivity index (χ1n) is 7.88. The van der Waals surface area contributed by atoms with E-state index in [1.165, 1.54) is 64.2 Å². The van der Waals surface area contributed by atoms with Crippen molar-refractivity contribution in [3.05, 3.63) is 0 Å². The highest BCUT2D eigenvalue weighted by atomic mass is 14.7. The van der Waals surface area contributed by atoms with E-state index in [1.807, 2.05) is 0 Å². The minimum absolute atomic E-state index is 0.359. The molecule has 0 spiro atoms. The fraction of sp³-hybridized carbons (Fsp3) is 1.00. The lowest BCUT2D eigenvalue weighted by atomic mass is 9.70. The number of unbranched alkanes of at least 4 members (excludes halogenated alkanes) is 4. The Morgan fingerprint density at radius 3 is 1.53 bits per heavy atom. The maximum atomic E-state index is 6.34. The summed E-state index contributed by atoms with van der Waals surface area (Å²) in [5, 5.41) is 0. The molecule has 0 rings (SSSR count). The van der Waals surface area contributed by atoms with E-state index in [2.05, 4.69) is 27.7 Å². The molecule has 0 aliphatic heterocycles. The molecule has 2 N–H and O–H groups in total. The quantitative estimate of drug-likeness (QED) is 0.489. The van der Waals surface area contributed by atoms with Gasteiger partial charge in [0.25, 0.3) is 0 Å². The Balaban J connectivity index is 4.45. The predicted molar refractivity (Wildman–Crippen MR) is 79.3 cm³/mol. The van der Waals surface area contributed by atoms with Gasteiger partial charge in [-0.3, -0.25) is 0 Å². The number of hydrogen-bond donors (Lipinski definition) is 1. The molecular formula is C16H35N. The zero-order valence-electron chi connectivity index (χ0n) is 12.7. The molecule has 0 saturated heterocycles. The first-order valence-corrected chi connectivity index (χ1v) is 7.88. The van der Waals surface area contributed by atoms with Gasteiger partial charge in [-0.25, -0.2) is 0 Å². The van der Waals surface area contributed by atoms with E-state index >= 15 is 0 Å². The minimum Gasteiger partial charge on any atom is -0.327 e. The van der Waals surface area contributed by atoms with Crippen LogP contribution in [0, 0.1) is 5.41 Å². The molecule has 0 aromatic heterocycles. The summed E-state index contributed by atoms with van der Waals surface area (Å²) in [4.78, 5) is 0. The molecule has 0 heterocycles. The van der Waals surface area contributed by atoms with Crippen LogP contribution in [0.25, 0.3) is 0 Å². The topological polar surface area (TPSA) is 26.0 Å². The van der Waals surface area contributed by atoms with Gasteiger partial charge in [0.1, 0.15) is 0 Å². The Kier molecular flexibility index (Phi) is 9.91. The molecule has 1 heteroatoms. The van der Waals surface area contributed by atoms with Crippen molar-refractivity contribution in [2.75, 3.05) is 0 Å². The Morgan fingerprint density at radius 1 is 0.765 bits per heavy atom. The van der Waals surface area contributed by atoms with Crippen LogP contribution < -0.4 is 5.73 Å². The van der Waals surface area contributed by atoms with Gasteiger partial charge in [0.05, 0.1) is 0 Å². The van der Waals surface area contributed by atoms with Crippen LogP contribution in [0.3, 0.4) is 0 Å². The zero-order chi connectivity index (χ0) is 13.1. The van der Waals surface area contributed by atoms with Crippen LogP contribution in [-0.2, 0) is 0 Å². The van der Waals surface area contributed by atoms with Crippen LogP contribution >= 0.6 is 0 Å². The highest BCUT2D eigenvalue weighted by molar-refractivity contribution is 4.86. The van der Waals surface area contributed by atoms with Gasteiger partial charge in [0.15, 0.2) is 0 Å². The van der Waals surface area contributed by atoms with Crippen LogP contribution in [-0.4, -0.2) is 6.04 Å². The van der Waals surface area contributed by atoms with Gasteiger partial charge in [-0.2, -0.15) is 0 Å². The van der Waals surface area contributed by atoms with Gasteiger partial charge in [-0.05, 0) is 31.6 Å². The third-order valence-electron chi connectivity index (χ3n) is 4.30. The van der Waals surface area contributed by atoms with Crippen molar-refractivity contribution in [3.63, 3.8) is 0 Å². The summed E-state index contributed by atoms with van der Waals surface area (Å²) in [6.45, 7) is 9.10. The summed E-state index contributed by atoms with van der Waals surface area (Å²) < 4.78 is 0. The lowest BCUT2D eigenvalue weighted by Gasteiger charge is -2.38. The molecule has 1 nitrogen and oxygen atoms in total. The van der Waals surface area contributed by atoms with Crippen molar-refractivity contribution in [1.29, 1.82) is 0 Å². The maximum Gasteiger partial charge on any atom is 0.00670 e. The zero-order valence-corrected chi connectivity index (χ0v) is 12.7. The van der Waals surface area contributed by atoms with Gasteiger partial charge in [0, 0.05) is 6.04 Å². The standard InChI is InChI=1S/C16H35N/c1-5-8-11-14-16(15(4)17,12-9-6-2)13-10-7-3/h15H,5-14,17H2,1-4H3. The summed E-state index contributed by atoms with van der Waals surface area (Å²) in [6.07, 6.45) is 13.4. The second kappa shape index (κ2) is 9.94. The van der Waals surface area contributed by atoms with Gasteiger partial charge < -0.3 is 5.73 Å². The van der Waals surface area contributed by atoms with Crippen LogP contribution in [0.4, 0.5) is 0 Å². The second-order valence-corrected chi connectivity index (χ2v) is 5.82. The molecule has 0 fully saturated rings. The van der Waals surface area contributed by atoms with E-state index in [0.717, 1.165) is 0 Å². The van der Waals surface area contributed by atoms with Gasteiger partial charge >= 0.3 is 0 Å². The highest BCUT2D eigenvalue weighted by Gasteiger charge is 2.32. The second-order valence-electron chi connectivity index (χ2n) is 5.82. The summed E-state index contributed by atoms with van der Waals surface area (Å²) in [6, 6.07) is 0.359. The molecule has 0 aromatic carbocycles. The lowest BCUT2D eigenvalue weighted by Crippen LogP contribution is -2.39. The Morgan fingerprint density at radius 2 is 1.18 bits per heavy atom. The van der Waals surface area contributed by atoms with Crippen LogP contribution in [0.1, 0.15) is 91.9 Å². The smallest absolute Gasteiger partial charge is 0.00670 e. The van der Waals surface area contributed by atoms with E-state index in [9.17, 15) is 0 Å². The van der Waals surface area contributed by atoms with E-state index in [-0.39, 0.29) is 0 Å². The average Bonchev–Trinajstić information content (AvgIpc) is 2.32. The van der Waals surface area contributed by atoms with Crippen molar-refractivity contribution in [2.24, 2.45) is 11.1 Å². The number of nitrogens with two attached hydrogens (primary N) is 1. The third kappa shape index (κ3) is 6.45. The van der Waals surface area contributed by atoms with E-state index < -0.39 is 0 Å². The van der Waals surface area contributed by atoms with Crippen LogP contribution in [0.15, 0.2) is 0 Å². The van der Waals surface area contributed by atoms with Gasteiger partial charge in [0.2, 0.25) is 0 Å². The fourth-order valence-electron chi connectivity index (χ4n) is 2.84. The molecule has 0 bridgehead atoms. The van der Waals surface area contributed by atoms with Crippen LogP contribution in [0.5, 0.6) is 0 Å².